The van der Waals surface area contributed by atoms with Gasteiger partial charge in [0.05, 0.1) is 12.3 Å². The van der Waals surface area contributed by atoms with Gasteiger partial charge in [0.2, 0.25) is 0 Å². The lowest BCUT2D eigenvalue weighted by atomic mass is 10.1. The van der Waals surface area contributed by atoms with E-state index >= 15 is 0 Å². The molecule has 1 aromatic carbocycles. The van der Waals surface area contributed by atoms with Gasteiger partial charge in [-0.3, -0.25) is 4.68 Å². The van der Waals surface area contributed by atoms with Crippen molar-refractivity contribution in [3.05, 3.63) is 46.7 Å². The summed E-state index contributed by atoms with van der Waals surface area (Å²) < 4.78 is 2.80. The fraction of sp³-hybridized carbons (Fsp3) is 0.286. The monoisotopic (exact) mass is 318 g/mol. The van der Waals surface area contributed by atoms with Gasteiger partial charge in [0.15, 0.2) is 0 Å². The first-order valence-electron chi connectivity index (χ1n) is 6.17. The van der Waals surface area contributed by atoms with Crippen LogP contribution in [0.1, 0.15) is 24.9 Å². The first-order chi connectivity index (χ1) is 9.24. The lowest BCUT2D eigenvalue weighted by Crippen LogP contribution is -2.08. The quantitative estimate of drug-likeness (QED) is 0.913. The molecule has 4 nitrogen and oxygen atoms in total. The molecule has 0 radical (unpaired) electrons. The van der Waals surface area contributed by atoms with Gasteiger partial charge >= 0.3 is 0 Å². The minimum absolute atomic E-state index is 0.399. The Morgan fingerprint density at radius 2 is 2.26 bits per heavy atom. The van der Waals surface area contributed by atoms with Crippen molar-refractivity contribution in [3.8, 4) is 6.07 Å². The third-order valence-corrected chi connectivity index (χ3v) is 3.43. The van der Waals surface area contributed by atoms with E-state index in [2.05, 4.69) is 39.3 Å². The average molecular weight is 319 g/mol. The van der Waals surface area contributed by atoms with Crippen molar-refractivity contribution in [3.63, 3.8) is 0 Å². The number of anilines is 1. The van der Waals surface area contributed by atoms with Crippen molar-refractivity contribution in [1.29, 1.82) is 5.26 Å². The molecule has 0 amide bonds. The molecule has 2 rings (SSSR count). The molecule has 1 aromatic heterocycles. The Balaban J connectivity index is 2.16. The molecule has 1 N–H and O–H groups in total. The van der Waals surface area contributed by atoms with E-state index in [4.69, 9.17) is 0 Å². The highest BCUT2D eigenvalue weighted by molar-refractivity contribution is 9.10. The third-order valence-electron chi connectivity index (χ3n) is 2.74. The Labute approximate surface area is 121 Å². The van der Waals surface area contributed by atoms with Crippen molar-refractivity contribution in [2.75, 3.05) is 5.32 Å². The Morgan fingerprint density at radius 3 is 2.95 bits per heavy atom. The second kappa shape index (κ2) is 6.39. The van der Waals surface area contributed by atoms with E-state index in [-0.39, 0.29) is 0 Å². The minimum Gasteiger partial charge on any atom is -0.365 e. The van der Waals surface area contributed by atoms with Gasteiger partial charge in [-0.25, -0.2) is 0 Å². The van der Waals surface area contributed by atoms with Crippen LogP contribution in [0, 0.1) is 11.3 Å². The average Bonchev–Trinajstić information content (AvgIpc) is 2.87. The van der Waals surface area contributed by atoms with Crippen molar-refractivity contribution < 1.29 is 0 Å². The molecular formula is C14H15BrN4. The van der Waals surface area contributed by atoms with Crippen molar-refractivity contribution in [2.24, 2.45) is 0 Å². The summed E-state index contributed by atoms with van der Waals surface area (Å²) in [6, 6.07) is 9.62. The Bertz CT molecular complexity index is 585. The molecule has 5 heteroatoms. The number of nitrogens with zero attached hydrogens (tertiary/aromatic N) is 3. The maximum atomic E-state index is 9.31. The Hall–Kier alpha value is -1.80. The second-order valence-electron chi connectivity index (χ2n) is 4.22. The van der Waals surface area contributed by atoms with Crippen LogP contribution in [0.15, 0.2) is 41.1 Å². The maximum absolute atomic E-state index is 9.31. The number of aromatic nitrogens is 2. The topological polar surface area (TPSA) is 53.6 Å². The molecule has 1 unspecified atom stereocenters. The summed E-state index contributed by atoms with van der Waals surface area (Å²) in [5, 5.41) is 16.8. The molecule has 0 saturated carbocycles. The second-order valence-corrected chi connectivity index (χ2v) is 5.08. The maximum Gasteiger partial charge on any atom is 0.143 e. The summed E-state index contributed by atoms with van der Waals surface area (Å²) in [4.78, 5) is 0. The van der Waals surface area contributed by atoms with E-state index in [1.54, 1.807) is 6.20 Å². The third kappa shape index (κ3) is 3.36. The predicted octanol–water partition coefficient (Wildman–Crippen LogP) is 3.73. The van der Waals surface area contributed by atoms with Crippen LogP contribution in [0.4, 0.5) is 5.69 Å². The Kier molecular flexibility index (Phi) is 4.58. The number of hydrogen-bond acceptors (Lipinski definition) is 3. The summed E-state index contributed by atoms with van der Waals surface area (Å²) in [5.74, 6) is 0. The largest absolute Gasteiger partial charge is 0.365 e. The van der Waals surface area contributed by atoms with Crippen molar-refractivity contribution >= 4 is 21.6 Å². The summed E-state index contributed by atoms with van der Waals surface area (Å²) >= 11 is 3.46. The standard InChI is InChI=1S/C14H15BrN4/c1-2-7-19-10-11(9-17-19)14(8-16)18-13-6-4-3-5-12(13)15/h3-6,9-10,14,18H,2,7H2,1H3. The minimum atomic E-state index is -0.399. The smallest absolute Gasteiger partial charge is 0.143 e. The van der Waals surface area contributed by atoms with Crippen LogP contribution in [0.5, 0.6) is 0 Å². The van der Waals surface area contributed by atoms with Crippen LogP contribution in [-0.4, -0.2) is 9.78 Å². The highest BCUT2D eigenvalue weighted by Crippen LogP contribution is 2.25. The first kappa shape index (κ1) is 13.6. The summed E-state index contributed by atoms with van der Waals surface area (Å²) in [7, 11) is 0. The molecule has 1 heterocycles. The molecule has 0 aliphatic rings. The number of rotatable bonds is 5. The first-order valence-corrected chi connectivity index (χ1v) is 6.97. The van der Waals surface area contributed by atoms with E-state index in [9.17, 15) is 5.26 Å². The number of para-hydroxylation sites is 1. The molecule has 0 spiro atoms. The highest BCUT2D eigenvalue weighted by Gasteiger charge is 2.13. The van der Waals surface area contributed by atoms with Crippen LogP contribution >= 0.6 is 15.9 Å². The van der Waals surface area contributed by atoms with Crippen LogP contribution in [0.3, 0.4) is 0 Å². The van der Waals surface area contributed by atoms with E-state index in [0.717, 1.165) is 28.7 Å². The van der Waals surface area contributed by atoms with E-state index < -0.39 is 6.04 Å². The van der Waals surface area contributed by atoms with E-state index in [0.29, 0.717) is 0 Å². The zero-order chi connectivity index (χ0) is 13.7. The van der Waals surface area contributed by atoms with Gasteiger partial charge in [-0.1, -0.05) is 19.1 Å². The SMILES string of the molecule is CCCn1cc(C(C#N)Nc2ccccc2Br)cn1. The van der Waals surface area contributed by atoms with Gasteiger partial charge < -0.3 is 5.32 Å². The van der Waals surface area contributed by atoms with E-state index in [1.165, 1.54) is 0 Å². The highest BCUT2D eigenvalue weighted by atomic mass is 79.9. The van der Waals surface area contributed by atoms with E-state index in [1.807, 2.05) is 35.1 Å². The fourth-order valence-corrected chi connectivity index (χ4v) is 2.20. The molecule has 0 fully saturated rings. The zero-order valence-electron chi connectivity index (χ0n) is 10.7. The van der Waals surface area contributed by atoms with Gasteiger partial charge in [-0.2, -0.15) is 10.4 Å². The molecule has 1 atom stereocenters. The molecule has 0 bridgehead atoms. The predicted molar refractivity (Wildman–Crippen MR) is 78.6 cm³/mol. The summed E-state index contributed by atoms with van der Waals surface area (Å²) in [6.07, 6.45) is 4.69. The van der Waals surface area contributed by atoms with Gasteiger partial charge in [-0.05, 0) is 34.5 Å². The van der Waals surface area contributed by atoms with Gasteiger partial charge in [0.1, 0.15) is 6.04 Å². The molecule has 0 aliphatic carbocycles. The van der Waals surface area contributed by atoms with Crippen LogP contribution < -0.4 is 5.32 Å². The number of benzene rings is 1. The molecule has 0 aliphatic heterocycles. The van der Waals surface area contributed by atoms with Gasteiger partial charge in [0.25, 0.3) is 0 Å². The van der Waals surface area contributed by atoms with Crippen LogP contribution in [-0.2, 0) is 6.54 Å². The molecule has 19 heavy (non-hydrogen) atoms. The summed E-state index contributed by atoms with van der Waals surface area (Å²) in [5.41, 5.74) is 1.78. The van der Waals surface area contributed by atoms with Crippen LogP contribution in [0.2, 0.25) is 0 Å². The van der Waals surface area contributed by atoms with Gasteiger partial charge in [-0.15, -0.1) is 0 Å². The van der Waals surface area contributed by atoms with Gasteiger partial charge in [0, 0.05) is 28.5 Å². The lowest BCUT2D eigenvalue weighted by molar-refractivity contribution is 0.602. The molecule has 2 aromatic rings. The number of nitrogens with one attached hydrogen (secondary N) is 1. The number of aryl methyl sites for hydroxylation is 1. The lowest BCUT2D eigenvalue weighted by Gasteiger charge is -2.12. The zero-order valence-corrected chi connectivity index (χ0v) is 12.3. The molecular weight excluding hydrogens is 304 g/mol. The normalized spacial score (nSPS) is 11.8. The molecule has 98 valence electrons. The number of nitriles is 1. The van der Waals surface area contributed by atoms with Crippen molar-refractivity contribution in [1.82, 2.24) is 9.78 Å². The van der Waals surface area contributed by atoms with Crippen molar-refractivity contribution in [2.45, 2.75) is 25.9 Å². The number of hydrogen-bond donors (Lipinski definition) is 1. The Morgan fingerprint density at radius 1 is 1.47 bits per heavy atom. The fourth-order valence-electron chi connectivity index (χ4n) is 1.80. The number of halogens is 1. The molecule has 0 saturated heterocycles. The summed E-state index contributed by atoms with van der Waals surface area (Å²) in [6.45, 7) is 2.97. The van der Waals surface area contributed by atoms with Crippen LogP contribution in [0.25, 0.3) is 0 Å².